The van der Waals surface area contributed by atoms with Crippen LogP contribution in [0.4, 0.5) is 0 Å². The van der Waals surface area contributed by atoms with Gasteiger partial charge in [0, 0.05) is 36.3 Å². The normalized spacial score (nSPS) is 40.1. The molecule has 7 aliphatic rings. The number of esters is 1. The van der Waals surface area contributed by atoms with E-state index in [2.05, 4.69) is 0 Å². The van der Waals surface area contributed by atoms with Gasteiger partial charge in [-0.05, 0) is 51.7 Å². The van der Waals surface area contributed by atoms with Gasteiger partial charge in [0.2, 0.25) is 11.9 Å². The maximum atomic E-state index is 13.3. The summed E-state index contributed by atoms with van der Waals surface area (Å²) < 4.78 is 63.9. The number of ether oxygens (including phenoxy) is 10. The first kappa shape index (κ1) is 33.7. The molecule has 15 nitrogen and oxygen atoms in total. The summed E-state index contributed by atoms with van der Waals surface area (Å²) in [5, 5.41) is 35.0. The number of rotatable bonds is 6. The lowest BCUT2D eigenvalue weighted by Crippen LogP contribution is -2.72. The van der Waals surface area contributed by atoms with Crippen LogP contribution in [-0.4, -0.2) is 114 Å². The Morgan fingerprint density at radius 3 is 2.55 bits per heavy atom. The summed E-state index contributed by atoms with van der Waals surface area (Å²) in [5.41, 5.74) is -1.29. The molecule has 6 aliphatic heterocycles. The van der Waals surface area contributed by atoms with Crippen molar-refractivity contribution in [3.05, 3.63) is 28.3 Å². The molecule has 10 atom stereocenters. The van der Waals surface area contributed by atoms with Gasteiger partial charge in [0.1, 0.15) is 29.5 Å². The Bertz CT molecular complexity index is 1830. The van der Waals surface area contributed by atoms with Gasteiger partial charge in [-0.3, -0.25) is 9.59 Å². The number of methoxy groups -OCH3 is 1. The SMILES string of the molecule is COc1c2c(c(O)c3c4c(c(C)cc13)C1O[C@]3(C5OCCCO5)OC1[C@](O[C@@H]1CC(OC(C)=O)C(O)(C(C)O)C(C)O1)(O4)C31CO1)C(=O)CCC2. The second-order valence-electron chi connectivity index (χ2n) is 14.7. The maximum Gasteiger partial charge on any atom is 0.303 e. The smallest absolute Gasteiger partial charge is 0.303 e. The van der Waals surface area contributed by atoms with Crippen molar-refractivity contribution in [1.29, 1.82) is 0 Å². The van der Waals surface area contributed by atoms with Crippen molar-refractivity contribution in [2.24, 2.45) is 0 Å². The predicted octanol–water partition coefficient (Wildman–Crippen LogP) is 2.36. The van der Waals surface area contributed by atoms with E-state index < -0.39 is 71.8 Å². The summed E-state index contributed by atoms with van der Waals surface area (Å²) in [6.07, 6.45) is -5.79. The summed E-state index contributed by atoms with van der Waals surface area (Å²) in [5.74, 6) is -3.93. The number of ketones is 1. The van der Waals surface area contributed by atoms with Gasteiger partial charge in [-0.2, -0.15) is 0 Å². The number of hydrogen-bond acceptors (Lipinski definition) is 15. The molecule has 51 heavy (non-hydrogen) atoms. The fourth-order valence-electron chi connectivity index (χ4n) is 9.42. The number of aryl methyl sites for hydroxylation is 1. The number of Topliss-reactive ketones (excluding diaryl/α,β-unsaturated/α-hetero) is 1. The molecular formula is C36H42O15. The molecule has 276 valence electrons. The molecule has 0 saturated carbocycles. The molecule has 6 heterocycles. The molecule has 3 N–H and O–H groups in total. The zero-order chi connectivity index (χ0) is 35.8. The fraction of sp³-hybridized carbons (Fsp3) is 0.667. The van der Waals surface area contributed by atoms with E-state index in [0.717, 1.165) is 5.56 Å². The summed E-state index contributed by atoms with van der Waals surface area (Å²) >= 11 is 0. The van der Waals surface area contributed by atoms with E-state index in [1.54, 1.807) is 6.92 Å². The molecule has 1 aliphatic carbocycles. The highest BCUT2D eigenvalue weighted by atomic mass is 16.9. The lowest BCUT2D eigenvalue weighted by molar-refractivity contribution is -0.395. The van der Waals surface area contributed by atoms with Gasteiger partial charge in [0.25, 0.3) is 11.6 Å². The third-order valence-electron chi connectivity index (χ3n) is 11.8. The highest BCUT2D eigenvalue weighted by molar-refractivity contribution is 6.11. The van der Waals surface area contributed by atoms with Crippen LogP contribution >= 0.6 is 0 Å². The Morgan fingerprint density at radius 1 is 1.14 bits per heavy atom. The van der Waals surface area contributed by atoms with Crippen molar-refractivity contribution < 1.29 is 72.3 Å². The number of aliphatic hydroxyl groups excluding tert-OH is 1. The molecule has 5 saturated heterocycles. The van der Waals surface area contributed by atoms with Crippen LogP contribution in [0.3, 0.4) is 0 Å². The number of carbonyl (C=O) groups excluding carboxylic acids is 2. The van der Waals surface area contributed by atoms with Crippen molar-refractivity contribution in [3.63, 3.8) is 0 Å². The molecule has 5 fully saturated rings. The monoisotopic (exact) mass is 714 g/mol. The second-order valence-corrected chi connectivity index (χ2v) is 14.7. The average Bonchev–Trinajstić information content (AvgIpc) is 3.75. The van der Waals surface area contributed by atoms with Gasteiger partial charge in [-0.25, -0.2) is 0 Å². The van der Waals surface area contributed by atoms with Crippen LogP contribution in [0.25, 0.3) is 10.8 Å². The molecular weight excluding hydrogens is 672 g/mol. The quantitative estimate of drug-likeness (QED) is 0.292. The second kappa shape index (κ2) is 11.2. The van der Waals surface area contributed by atoms with Gasteiger partial charge in [-0.1, -0.05) is 0 Å². The summed E-state index contributed by atoms with van der Waals surface area (Å²) in [7, 11) is 1.53. The van der Waals surface area contributed by atoms with Crippen LogP contribution in [-0.2, 0) is 49.1 Å². The number of aromatic hydroxyl groups is 1. The minimum atomic E-state index is -1.96. The molecule has 2 aromatic carbocycles. The first-order valence-corrected chi connectivity index (χ1v) is 17.6. The number of benzene rings is 2. The van der Waals surface area contributed by atoms with Crippen LogP contribution in [0.1, 0.15) is 79.6 Å². The average molecular weight is 715 g/mol. The van der Waals surface area contributed by atoms with Crippen LogP contribution in [0.15, 0.2) is 6.07 Å². The molecule has 2 aromatic rings. The van der Waals surface area contributed by atoms with Gasteiger partial charge in [-0.15, -0.1) is 0 Å². The molecule has 0 radical (unpaired) electrons. The lowest BCUT2D eigenvalue weighted by Gasteiger charge is -2.53. The van der Waals surface area contributed by atoms with Crippen LogP contribution in [0.5, 0.6) is 17.2 Å². The summed E-state index contributed by atoms with van der Waals surface area (Å²) in [4.78, 5) is 25.6. The van der Waals surface area contributed by atoms with Gasteiger partial charge in [0.05, 0.1) is 50.1 Å². The topological polar surface area (TPSA) is 190 Å². The predicted molar refractivity (Wildman–Crippen MR) is 170 cm³/mol. The Labute approximate surface area is 292 Å². The zero-order valence-electron chi connectivity index (χ0n) is 29.0. The summed E-state index contributed by atoms with van der Waals surface area (Å²) in [6, 6.07) is 1.88. The van der Waals surface area contributed by atoms with E-state index >= 15 is 0 Å². The third kappa shape index (κ3) is 4.20. The third-order valence-corrected chi connectivity index (χ3v) is 11.8. The van der Waals surface area contributed by atoms with Gasteiger partial charge in [0.15, 0.2) is 23.8 Å². The number of phenolic OH excluding ortho intramolecular Hbond substituents is 1. The number of phenols is 1. The van der Waals surface area contributed by atoms with Crippen LogP contribution in [0, 0.1) is 6.92 Å². The molecule has 2 bridgehead atoms. The number of hydrogen-bond donors (Lipinski definition) is 3. The number of epoxide rings is 1. The molecule has 0 aromatic heterocycles. The Kier molecular flexibility index (Phi) is 7.40. The Balaban J connectivity index is 1.23. The molecule has 15 heteroatoms. The van der Waals surface area contributed by atoms with Crippen LogP contribution in [0.2, 0.25) is 0 Å². The molecule has 9 rings (SSSR count). The zero-order valence-corrected chi connectivity index (χ0v) is 29.0. The van der Waals surface area contributed by atoms with Crippen molar-refractivity contribution >= 4 is 22.5 Å². The Morgan fingerprint density at radius 2 is 1.88 bits per heavy atom. The standard InChI is InChI=1S/C36H42O15/c1-15-12-20-26(27(40)25-19(28(20)42-5)8-6-9-21(25)39)29-24(15)30-31-35(49-29,33(14-45-33)36(50-30,51-31)32-43-10-7-11-44-32)48-23-13-22(47-18(4)38)34(41,16(2)37)17(3)46-23/h12,16-17,22-23,30-32,37,40-41H,6-11,13-14H2,1-5H3/t16?,17?,22?,23-,30?,31?,33?,34?,35+,36-/m1/s1. The molecule has 0 amide bonds. The van der Waals surface area contributed by atoms with Crippen molar-refractivity contribution in [2.45, 2.75) is 126 Å². The van der Waals surface area contributed by atoms with Crippen molar-refractivity contribution in [1.82, 2.24) is 0 Å². The maximum absolute atomic E-state index is 13.3. The summed E-state index contributed by atoms with van der Waals surface area (Å²) in [6.45, 7) is 6.85. The highest BCUT2D eigenvalue weighted by Crippen LogP contribution is 2.72. The van der Waals surface area contributed by atoms with E-state index in [4.69, 9.17) is 47.4 Å². The number of fused-ring (bicyclic) bond motifs is 8. The molecule has 1 spiro atoms. The van der Waals surface area contributed by atoms with Crippen molar-refractivity contribution in [3.8, 4) is 17.2 Å². The van der Waals surface area contributed by atoms with E-state index in [9.17, 15) is 24.9 Å². The van der Waals surface area contributed by atoms with Gasteiger partial charge < -0.3 is 62.7 Å². The first-order chi connectivity index (χ1) is 24.3. The van der Waals surface area contributed by atoms with Crippen LogP contribution < -0.4 is 9.47 Å². The largest absolute Gasteiger partial charge is 0.506 e. The van der Waals surface area contributed by atoms with E-state index in [0.29, 0.717) is 54.7 Å². The van der Waals surface area contributed by atoms with E-state index in [-0.39, 0.29) is 47.7 Å². The van der Waals surface area contributed by atoms with Gasteiger partial charge >= 0.3 is 5.97 Å². The minimum Gasteiger partial charge on any atom is -0.506 e. The minimum absolute atomic E-state index is 0.0367. The van der Waals surface area contributed by atoms with E-state index in [1.807, 2.05) is 13.0 Å². The first-order valence-electron chi connectivity index (χ1n) is 17.6. The lowest BCUT2D eigenvalue weighted by atomic mass is 9.77. The van der Waals surface area contributed by atoms with E-state index in [1.165, 1.54) is 21.0 Å². The Hall–Kier alpha value is -3.12. The number of aliphatic hydroxyl groups is 2. The fourth-order valence-corrected chi connectivity index (χ4v) is 9.42. The van der Waals surface area contributed by atoms with Crippen molar-refractivity contribution in [2.75, 3.05) is 26.9 Å². The number of carbonyl (C=O) groups is 2. The molecule has 7 unspecified atom stereocenters. The highest BCUT2D eigenvalue weighted by Gasteiger charge is 2.94.